The van der Waals surface area contributed by atoms with E-state index in [0.29, 0.717) is 13.1 Å². The highest BCUT2D eigenvalue weighted by Gasteiger charge is 2.29. The van der Waals surface area contributed by atoms with Crippen LogP contribution in [0.2, 0.25) is 10.0 Å². The average Bonchev–Trinajstić information content (AvgIpc) is 2.64. The number of amides is 1. The van der Waals surface area contributed by atoms with Crippen molar-refractivity contribution in [1.29, 1.82) is 0 Å². The number of likely N-dealkylation sites (N-methyl/N-ethyl adjacent to an activating group) is 1. The number of carbonyl (C=O) groups is 1. The van der Waals surface area contributed by atoms with Gasteiger partial charge in [-0.1, -0.05) is 53.5 Å². The molecule has 0 aliphatic rings. The molecule has 5 nitrogen and oxygen atoms in total. The van der Waals surface area contributed by atoms with Crippen LogP contribution in [0, 0.1) is 0 Å². The molecule has 1 atom stereocenters. The summed E-state index contributed by atoms with van der Waals surface area (Å²) in [5.41, 5.74) is 0.850. The lowest BCUT2D eigenvalue weighted by molar-refractivity contribution is -0.132. The molecule has 146 valence electrons. The summed E-state index contributed by atoms with van der Waals surface area (Å²) in [7, 11) is -4.04. The Morgan fingerprint density at radius 3 is 2.30 bits per heavy atom. The number of nitrogens with one attached hydrogen (secondary N) is 1. The zero-order chi connectivity index (χ0) is 20.0. The van der Waals surface area contributed by atoms with Gasteiger partial charge in [0.25, 0.3) is 0 Å². The number of carbonyl (C=O) groups excluding carboxylic acids is 1. The first-order valence-electron chi connectivity index (χ1n) is 8.58. The molecule has 0 aromatic heterocycles. The van der Waals surface area contributed by atoms with E-state index in [1.165, 1.54) is 18.2 Å². The number of hydrogen-bond acceptors (Lipinski definition) is 3. The predicted octanol–water partition coefficient (Wildman–Crippen LogP) is 3.75. The van der Waals surface area contributed by atoms with Gasteiger partial charge in [0.2, 0.25) is 15.9 Å². The van der Waals surface area contributed by atoms with Crippen LogP contribution in [0.15, 0.2) is 53.4 Å². The van der Waals surface area contributed by atoms with E-state index >= 15 is 0 Å². The lowest BCUT2D eigenvalue weighted by Gasteiger charge is -2.26. The smallest absolute Gasteiger partial charge is 0.242 e. The average molecular weight is 429 g/mol. The van der Waals surface area contributed by atoms with E-state index < -0.39 is 16.1 Å². The van der Waals surface area contributed by atoms with Crippen molar-refractivity contribution in [3.8, 4) is 0 Å². The molecule has 2 aromatic rings. The Kier molecular flexibility index (Phi) is 7.68. The van der Waals surface area contributed by atoms with E-state index in [1.807, 2.05) is 44.2 Å². The van der Waals surface area contributed by atoms with E-state index in [-0.39, 0.29) is 27.3 Å². The summed E-state index contributed by atoms with van der Waals surface area (Å²) in [4.78, 5) is 14.4. The molecule has 1 amide bonds. The summed E-state index contributed by atoms with van der Waals surface area (Å²) in [6.45, 7) is 4.67. The molecule has 0 saturated carbocycles. The Hall–Kier alpha value is -1.60. The minimum atomic E-state index is -4.04. The Labute approximate surface area is 170 Å². The highest BCUT2D eigenvalue weighted by Crippen LogP contribution is 2.25. The van der Waals surface area contributed by atoms with Gasteiger partial charge in [0, 0.05) is 18.1 Å². The molecular formula is C19H22Cl2N2O3S. The number of nitrogens with zero attached hydrogens (tertiary/aromatic N) is 1. The minimum absolute atomic E-state index is 0.0423. The van der Waals surface area contributed by atoms with E-state index in [4.69, 9.17) is 23.2 Å². The second kappa shape index (κ2) is 9.55. The van der Waals surface area contributed by atoms with Crippen LogP contribution in [0.5, 0.6) is 0 Å². The van der Waals surface area contributed by atoms with Crippen molar-refractivity contribution in [3.05, 3.63) is 64.1 Å². The molecule has 0 spiro atoms. The molecule has 0 saturated heterocycles. The Bertz CT molecular complexity index is 885. The third-order valence-corrected chi connectivity index (χ3v) is 6.32. The molecule has 0 heterocycles. The second-order valence-corrected chi connectivity index (χ2v) is 8.47. The van der Waals surface area contributed by atoms with Crippen molar-refractivity contribution in [2.75, 3.05) is 13.1 Å². The first kappa shape index (κ1) is 21.7. The van der Waals surface area contributed by atoms with Crippen LogP contribution in [0.25, 0.3) is 0 Å². The Morgan fingerprint density at radius 1 is 1.07 bits per heavy atom. The topological polar surface area (TPSA) is 66.5 Å². The largest absolute Gasteiger partial charge is 0.342 e. The highest BCUT2D eigenvalue weighted by atomic mass is 35.5. The maximum absolute atomic E-state index is 12.9. The van der Waals surface area contributed by atoms with Gasteiger partial charge >= 0.3 is 0 Å². The van der Waals surface area contributed by atoms with Crippen LogP contribution >= 0.6 is 23.2 Å². The first-order valence-corrected chi connectivity index (χ1v) is 10.8. The molecule has 0 radical (unpaired) electrons. The molecule has 0 aliphatic carbocycles. The predicted molar refractivity (Wildman–Crippen MR) is 109 cm³/mol. The van der Waals surface area contributed by atoms with Gasteiger partial charge < -0.3 is 4.90 Å². The maximum atomic E-state index is 12.9. The van der Waals surface area contributed by atoms with Gasteiger partial charge in [-0.2, -0.15) is 4.72 Å². The van der Waals surface area contributed by atoms with Gasteiger partial charge in [-0.25, -0.2) is 8.42 Å². The second-order valence-electron chi connectivity index (χ2n) is 5.95. The van der Waals surface area contributed by atoms with Crippen molar-refractivity contribution in [2.24, 2.45) is 0 Å². The molecule has 0 fully saturated rings. The summed E-state index contributed by atoms with van der Waals surface area (Å²) in [5, 5.41) is 0.287. The van der Waals surface area contributed by atoms with Gasteiger partial charge in [0.05, 0.1) is 5.02 Å². The lowest BCUT2D eigenvalue weighted by atomic mass is 10.1. The number of sulfonamides is 1. The van der Waals surface area contributed by atoms with Crippen molar-refractivity contribution in [2.45, 2.75) is 31.2 Å². The number of rotatable bonds is 8. The SMILES string of the molecule is CCN(CC)C(=O)[C@@H](Cc1ccccc1)NS(=O)(=O)c1cc(Cl)ccc1Cl. The van der Waals surface area contributed by atoms with Crippen LogP contribution in [0.4, 0.5) is 0 Å². The van der Waals surface area contributed by atoms with Crippen molar-refractivity contribution >= 4 is 39.1 Å². The highest BCUT2D eigenvalue weighted by molar-refractivity contribution is 7.89. The van der Waals surface area contributed by atoms with Gasteiger partial charge in [-0.15, -0.1) is 0 Å². The summed E-state index contributed by atoms with van der Waals surface area (Å²) in [6, 6.07) is 12.5. The third-order valence-electron chi connectivity index (χ3n) is 4.14. The lowest BCUT2D eigenvalue weighted by Crippen LogP contribution is -2.49. The van der Waals surface area contributed by atoms with E-state index in [2.05, 4.69) is 4.72 Å². The Balaban J connectivity index is 2.37. The normalized spacial score (nSPS) is 12.6. The van der Waals surface area contributed by atoms with Gasteiger partial charge in [0.1, 0.15) is 10.9 Å². The molecule has 1 N–H and O–H groups in total. The summed E-state index contributed by atoms with van der Waals surface area (Å²) in [5.74, 6) is -0.287. The maximum Gasteiger partial charge on any atom is 0.242 e. The quantitative estimate of drug-likeness (QED) is 0.695. The van der Waals surface area contributed by atoms with Gasteiger partial charge in [-0.3, -0.25) is 4.79 Å². The van der Waals surface area contributed by atoms with Crippen LogP contribution in [-0.2, 0) is 21.2 Å². The molecule has 0 aliphatic heterocycles. The van der Waals surface area contributed by atoms with Crippen molar-refractivity contribution < 1.29 is 13.2 Å². The zero-order valence-electron chi connectivity index (χ0n) is 15.2. The van der Waals surface area contributed by atoms with Crippen LogP contribution in [0.3, 0.4) is 0 Å². The summed E-state index contributed by atoms with van der Waals surface area (Å²) < 4.78 is 28.3. The molecule has 27 heavy (non-hydrogen) atoms. The molecule has 0 unspecified atom stereocenters. The molecular weight excluding hydrogens is 407 g/mol. The summed E-state index contributed by atoms with van der Waals surface area (Å²) in [6.07, 6.45) is 0.230. The minimum Gasteiger partial charge on any atom is -0.342 e. The number of hydrogen-bond donors (Lipinski definition) is 1. The monoisotopic (exact) mass is 428 g/mol. The molecule has 0 bridgehead atoms. The van der Waals surface area contributed by atoms with Crippen LogP contribution in [0.1, 0.15) is 19.4 Å². The first-order chi connectivity index (χ1) is 12.8. The van der Waals surface area contributed by atoms with Crippen molar-refractivity contribution in [1.82, 2.24) is 9.62 Å². The van der Waals surface area contributed by atoms with E-state index in [1.54, 1.807) is 4.90 Å². The molecule has 2 aromatic carbocycles. The van der Waals surface area contributed by atoms with Crippen LogP contribution < -0.4 is 4.72 Å². The van der Waals surface area contributed by atoms with Crippen LogP contribution in [-0.4, -0.2) is 38.4 Å². The fraction of sp³-hybridized carbons (Fsp3) is 0.316. The number of halogens is 2. The van der Waals surface area contributed by atoms with E-state index in [9.17, 15) is 13.2 Å². The zero-order valence-corrected chi connectivity index (χ0v) is 17.5. The Morgan fingerprint density at radius 2 is 1.70 bits per heavy atom. The summed E-state index contributed by atoms with van der Waals surface area (Å²) >= 11 is 12.0. The van der Waals surface area contributed by atoms with Gasteiger partial charge in [-0.05, 0) is 44.0 Å². The standard InChI is InChI=1S/C19H22Cl2N2O3S/c1-3-23(4-2)19(24)17(12-14-8-6-5-7-9-14)22-27(25,26)18-13-15(20)10-11-16(18)21/h5-11,13,17,22H,3-4,12H2,1-2H3/t17-/m1/s1. The third kappa shape index (κ3) is 5.69. The van der Waals surface area contributed by atoms with Gasteiger partial charge in [0.15, 0.2) is 0 Å². The fourth-order valence-corrected chi connectivity index (χ4v) is 4.67. The molecule has 2 rings (SSSR count). The number of benzene rings is 2. The molecule has 8 heteroatoms. The van der Waals surface area contributed by atoms with Crippen molar-refractivity contribution in [3.63, 3.8) is 0 Å². The fourth-order valence-electron chi connectivity index (χ4n) is 2.72. The van der Waals surface area contributed by atoms with E-state index in [0.717, 1.165) is 5.56 Å².